The van der Waals surface area contributed by atoms with Crippen molar-refractivity contribution in [3.63, 3.8) is 0 Å². The molecule has 1 heterocycles. The molecule has 2 N–H and O–H groups in total. The second-order valence-corrected chi connectivity index (χ2v) is 13.7. The van der Waals surface area contributed by atoms with Crippen molar-refractivity contribution in [2.24, 2.45) is 0 Å². The van der Waals surface area contributed by atoms with Crippen LogP contribution in [0.15, 0.2) is 77.3 Å². The summed E-state index contributed by atoms with van der Waals surface area (Å²) in [6.45, 7) is 7.07. The van der Waals surface area contributed by atoms with E-state index < -0.39 is 17.9 Å². The maximum Gasteiger partial charge on any atom is 0.326 e. The van der Waals surface area contributed by atoms with Crippen molar-refractivity contribution in [1.29, 1.82) is 0 Å². The first-order valence-electron chi connectivity index (χ1n) is 14.6. The summed E-state index contributed by atoms with van der Waals surface area (Å²) >= 11 is 2.33. The number of ether oxygens (including phenoxy) is 1. The minimum Gasteiger partial charge on any atom is -0.494 e. The smallest absolute Gasteiger partial charge is 0.326 e. The first-order chi connectivity index (χ1) is 20.6. The van der Waals surface area contributed by atoms with E-state index in [1.807, 2.05) is 36.4 Å². The summed E-state index contributed by atoms with van der Waals surface area (Å²) in [6, 6.07) is 21.0. The molecule has 0 unspecified atom stereocenters. The summed E-state index contributed by atoms with van der Waals surface area (Å²) in [6.07, 6.45) is 6.10. The molecule has 0 saturated carbocycles. The van der Waals surface area contributed by atoms with Crippen LogP contribution in [0, 0.1) is 0 Å². The largest absolute Gasteiger partial charge is 0.494 e. The van der Waals surface area contributed by atoms with Crippen molar-refractivity contribution in [2.75, 3.05) is 6.61 Å². The molecule has 0 saturated heterocycles. The van der Waals surface area contributed by atoms with Crippen molar-refractivity contribution in [3.05, 3.63) is 89.5 Å². The summed E-state index contributed by atoms with van der Waals surface area (Å²) in [5.74, 6) is 0.103. The lowest BCUT2D eigenvalue weighted by atomic mass is 10.0. The van der Waals surface area contributed by atoms with Crippen molar-refractivity contribution in [1.82, 2.24) is 15.5 Å². The fourth-order valence-electron chi connectivity index (χ4n) is 4.53. The Morgan fingerprint density at radius 2 is 1.58 bits per heavy atom. The monoisotopic (exact) mass is 695 g/mol. The zero-order valence-corrected chi connectivity index (χ0v) is 27.0. The zero-order chi connectivity index (χ0) is 30.8. The van der Waals surface area contributed by atoms with Gasteiger partial charge in [-0.1, -0.05) is 84.6 Å². The average Bonchev–Trinajstić information content (AvgIpc) is 3.49. The summed E-state index contributed by atoms with van der Waals surface area (Å²) in [5.41, 5.74) is 3.77. The van der Waals surface area contributed by atoms with Crippen LogP contribution in [0.25, 0.3) is 22.8 Å². The fraction of sp³-hybridized carbons (Fsp3) is 0.353. The zero-order valence-electron chi connectivity index (χ0n) is 24.8. The van der Waals surface area contributed by atoms with E-state index in [2.05, 4.69) is 58.8 Å². The highest BCUT2D eigenvalue weighted by Crippen LogP contribution is 2.30. The van der Waals surface area contributed by atoms with E-state index in [1.54, 1.807) is 36.4 Å². The van der Waals surface area contributed by atoms with Gasteiger partial charge in [-0.2, -0.15) is 4.98 Å². The number of aromatic nitrogens is 2. The van der Waals surface area contributed by atoms with Gasteiger partial charge < -0.3 is 19.7 Å². The van der Waals surface area contributed by atoms with E-state index in [4.69, 9.17) is 9.26 Å². The molecule has 1 amide bonds. The van der Waals surface area contributed by atoms with Crippen molar-refractivity contribution in [2.45, 2.75) is 68.8 Å². The van der Waals surface area contributed by atoms with Crippen LogP contribution in [0.5, 0.6) is 5.75 Å². The van der Waals surface area contributed by atoms with E-state index in [0.717, 1.165) is 28.9 Å². The van der Waals surface area contributed by atoms with Crippen molar-refractivity contribution < 1.29 is 24.0 Å². The minimum atomic E-state index is -1.10. The molecule has 4 rings (SSSR count). The molecule has 1 aromatic heterocycles. The number of alkyl halides is 1. The number of carbonyl (C=O) groups is 2. The standard InChI is InChI=1S/C34H38IN3O5/c1-4-5-6-7-8-21-42-28-19-15-24(16-20-28)30-37-32(43-38-30)26-11-9-23(10-12-26)22-29(33(40)41)36-31(39)25-13-17-27(18-14-25)34(2,3)35/h9-20,29H,4-8,21-22H2,1-3H3,(H,36,39)(H,40,41)/t29-/m0/s1. The summed E-state index contributed by atoms with van der Waals surface area (Å²) in [7, 11) is 0. The first-order valence-corrected chi connectivity index (χ1v) is 15.7. The fourth-order valence-corrected chi connectivity index (χ4v) is 4.89. The molecule has 226 valence electrons. The third-order valence-corrected chi connectivity index (χ3v) is 7.76. The van der Waals surface area contributed by atoms with E-state index >= 15 is 0 Å². The summed E-state index contributed by atoms with van der Waals surface area (Å²) < 4.78 is 11.3. The maximum atomic E-state index is 12.8. The number of carboxylic acid groups (broad SMARTS) is 1. The SMILES string of the molecule is CCCCCCCOc1ccc(-c2noc(-c3ccc(C[C@H](NC(=O)c4ccc(C(C)(C)I)cc4)C(=O)O)cc3)n2)cc1. The lowest BCUT2D eigenvalue weighted by Gasteiger charge is -2.18. The lowest BCUT2D eigenvalue weighted by molar-refractivity contribution is -0.139. The van der Waals surface area contributed by atoms with Gasteiger partial charge in [0.25, 0.3) is 11.8 Å². The van der Waals surface area contributed by atoms with Gasteiger partial charge in [-0.15, -0.1) is 0 Å². The van der Waals surface area contributed by atoms with Crippen LogP contribution in [0.1, 0.15) is 74.4 Å². The highest BCUT2D eigenvalue weighted by atomic mass is 127. The second-order valence-electron chi connectivity index (χ2n) is 11.0. The summed E-state index contributed by atoms with van der Waals surface area (Å²) in [4.78, 5) is 29.2. The number of halogens is 1. The van der Waals surface area contributed by atoms with E-state index in [-0.39, 0.29) is 9.84 Å². The Hall–Kier alpha value is -3.73. The Labute approximate surface area is 266 Å². The quantitative estimate of drug-likeness (QED) is 0.0740. The number of unbranched alkanes of at least 4 members (excludes halogenated alkanes) is 4. The van der Waals surface area contributed by atoms with Crippen LogP contribution in [-0.4, -0.2) is 39.8 Å². The number of aliphatic carboxylic acids is 1. The van der Waals surface area contributed by atoms with Gasteiger partial charge in [-0.25, -0.2) is 4.79 Å². The normalized spacial score (nSPS) is 12.1. The van der Waals surface area contributed by atoms with Gasteiger partial charge >= 0.3 is 5.97 Å². The first kappa shape index (κ1) is 32.2. The molecular formula is C34H38IN3O5. The molecule has 0 spiro atoms. The van der Waals surface area contributed by atoms with E-state index in [0.29, 0.717) is 29.4 Å². The third-order valence-electron chi connectivity index (χ3n) is 7.13. The maximum absolute atomic E-state index is 12.8. The molecule has 43 heavy (non-hydrogen) atoms. The number of rotatable bonds is 15. The molecule has 4 aromatic rings. The molecule has 1 atom stereocenters. The molecule has 0 fully saturated rings. The molecule has 0 aliphatic heterocycles. The molecule has 0 aliphatic rings. The van der Waals surface area contributed by atoms with Crippen molar-refractivity contribution in [3.8, 4) is 28.6 Å². The molecule has 9 heteroatoms. The Morgan fingerprint density at radius 1 is 0.930 bits per heavy atom. The van der Waals surface area contributed by atoms with Gasteiger partial charge in [0, 0.05) is 26.5 Å². The van der Waals surface area contributed by atoms with Gasteiger partial charge in [-0.3, -0.25) is 4.79 Å². The summed E-state index contributed by atoms with van der Waals surface area (Å²) in [5, 5.41) is 16.5. The Bertz CT molecular complexity index is 1480. The van der Waals surface area contributed by atoms with Crippen LogP contribution < -0.4 is 10.1 Å². The van der Waals surface area contributed by atoms with E-state index in [1.165, 1.54) is 25.7 Å². The number of hydrogen-bond donors (Lipinski definition) is 2. The van der Waals surface area contributed by atoms with Crippen LogP contribution >= 0.6 is 22.6 Å². The molecule has 8 nitrogen and oxygen atoms in total. The van der Waals surface area contributed by atoms with Gasteiger partial charge in [0.2, 0.25) is 5.82 Å². The number of nitrogens with zero attached hydrogens (tertiary/aromatic N) is 2. The Balaban J connectivity index is 1.33. The average molecular weight is 696 g/mol. The van der Waals surface area contributed by atoms with Gasteiger partial charge in [-0.05, 0) is 79.9 Å². The number of hydrogen-bond acceptors (Lipinski definition) is 6. The number of carbonyl (C=O) groups excluding carboxylic acids is 1. The van der Waals surface area contributed by atoms with Gasteiger partial charge in [0.15, 0.2) is 0 Å². The van der Waals surface area contributed by atoms with Crippen molar-refractivity contribution >= 4 is 34.5 Å². The highest BCUT2D eigenvalue weighted by Gasteiger charge is 2.22. The lowest BCUT2D eigenvalue weighted by Crippen LogP contribution is -2.42. The Kier molecular flexibility index (Phi) is 11.3. The number of amides is 1. The predicted octanol–water partition coefficient (Wildman–Crippen LogP) is 7.85. The Morgan fingerprint density at radius 3 is 2.21 bits per heavy atom. The molecule has 0 aliphatic carbocycles. The minimum absolute atomic E-state index is 0.0704. The molecule has 0 radical (unpaired) electrons. The van der Waals surface area contributed by atoms with Crippen LogP contribution in [0.2, 0.25) is 0 Å². The number of benzene rings is 3. The van der Waals surface area contributed by atoms with Gasteiger partial charge in [0.05, 0.1) is 6.61 Å². The predicted molar refractivity (Wildman–Crippen MR) is 176 cm³/mol. The molecule has 0 bridgehead atoms. The van der Waals surface area contributed by atoms with E-state index in [9.17, 15) is 14.7 Å². The number of carboxylic acids is 1. The number of nitrogens with one attached hydrogen (secondary N) is 1. The topological polar surface area (TPSA) is 115 Å². The molecular weight excluding hydrogens is 657 g/mol. The van der Waals surface area contributed by atoms with Gasteiger partial charge in [0.1, 0.15) is 11.8 Å². The van der Waals surface area contributed by atoms with Crippen LogP contribution in [-0.2, 0) is 14.6 Å². The molecule has 3 aromatic carbocycles. The van der Waals surface area contributed by atoms with Crippen LogP contribution in [0.3, 0.4) is 0 Å². The third kappa shape index (κ3) is 9.38. The van der Waals surface area contributed by atoms with Crippen LogP contribution in [0.4, 0.5) is 0 Å². The second kappa shape index (κ2) is 15.1. The highest BCUT2D eigenvalue weighted by molar-refractivity contribution is 14.1.